The first kappa shape index (κ1) is 23.0. The fourth-order valence-corrected chi connectivity index (χ4v) is 5.96. The summed E-state index contributed by atoms with van der Waals surface area (Å²) in [5.74, 6) is 0.953. The molecule has 1 unspecified atom stereocenters. The molecule has 1 N–H and O–H groups in total. The third kappa shape index (κ3) is 3.91. The number of nitrogens with zero attached hydrogens (tertiary/aromatic N) is 2. The minimum atomic E-state index is -1.11. The topological polar surface area (TPSA) is 72.8 Å². The lowest BCUT2D eigenvalue weighted by atomic mass is 9.91. The Labute approximate surface area is 211 Å². The number of hydrogen-bond acceptors (Lipinski definition) is 4. The number of amides is 2. The molecular formula is C29H33N3O4. The Morgan fingerprint density at radius 2 is 1.67 bits per heavy atom. The average Bonchev–Trinajstić information content (AvgIpc) is 3.24. The van der Waals surface area contributed by atoms with Gasteiger partial charge in [-0.15, -0.1) is 0 Å². The van der Waals surface area contributed by atoms with Crippen molar-refractivity contribution in [3.63, 3.8) is 0 Å². The van der Waals surface area contributed by atoms with E-state index < -0.39 is 5.54 Å². The van der Waals surface area contributed by atoms with Gasteiger partial charge in [-0.3, -0.25) is 14.5 Å². The van der Waals surface area contributed by atoms with Crippen LogP contribution < -0.4 is 19.7 Å². The van der Waals surface area contributed by atoms with Crippen molar-refractivity contribution in [2.24, 2.45) is 0 Å². The zero-order valence-corrected chi connectivity index (χ0v) is 20.8. The van der Waals surface area contributed by atoms with E-state index in [-0.39, 0.29) is 17.9 Å². The molecule has 1 aromatic heterocycles. The van der Waals surface area contributed by atoms with Gasteiger partial charge in [-0.05, 0) is 44.0 Å². The number of benzene rings is 2. The maximum absolute atomic E-state index is 14.1. The number of hydrogen-bond donors (Lipinski definition) is 1. The van der Waals surface area contributed by atoms with Crippen molar-refractivity contribution in [3.8, 4) is 11.5 Å². The minimum absolute atomic E-state index is 0.111. The lowest BCUT2D eigenvalue weighted by molar-refractivity contribution is -0.127. The minimum Gasteiger partial charge on any atom is -0.486 e. The molecule has 2 amide bonds. The van der Waals surface area contributed by atoms with Gasteiger partial charge in [-0.25, -0.2) is 0 Å². The molecule has 6 rings (SSSR count). The Balaban J connectivity index is 1.42. The molecule has 7 nitrogen and oxygen atoms in total. The van der Waals surface area contributed by atoms with E-state index in [1.165, 1.54) is 19.3 Å². The van der Waals surface area contributed by atoms with Gasteiger partial charge in [0.15, 0.2) is 11.5 Å². The van der Waals surface area contributed by atoms with Crippen LogP contribution in [0.4, 0.5) is 5.69 Å². The summed E-state index contributed by atoms with van der Waals surface area (Å²) in [6.45, 7) is 3.21. The van der Waals surface area contributed by atoms with Crippen LogP contribution in [0.3, 0.4) is 0 Å². The summed E-state index contributed by atoms with van der Waals surface area (Å²) in [6.07, 6.45) is 7.91. The summed E-state index contributed by atoms with van der Waals surface area (Å²) >= 11 is 0. The molecule has 0 bridgehead atoms. The largest absolute Gasteiger partial charge is 0.486 e. The number of fused-ring (bicyclic) bond motifs is 4. The second-order valence-corrected chi connectivity index (χ2v) is 10.4. The zero-order valence-electron chi connectivity index (χ0n) is 20.8. The van der Waals surface area contributed by atoms with Crippen LogP contribution in [0.2, 0.25) is 0 Å². The van der Waals surface area contributed by atoms with Crippen LogP contribution in [0.25, 0.3) is 10.9 Å². The summed E-state index contributed by atoms with van der Waals surface area (Å²) < 4.78 is 13.5. The maximum atomic E-state index is 14.1. The van der Waals surface area contributed by atoms with Crippen LogP contribution in [-0.2, 0) is 11.3 Å². The van der Waals surface area contributed by atoms with Crippen molar-refractivity contribution >= 4 is 28.4 Å². The van der Waals surface area contributed by atoms with E-state index in [1.54, 1.807) is 4.90 Å². The van der Waals surface area contributed by atoms with Crippen LogP contribution in [0.1, 0.15) is 62.4 Å². The Hall–Kier alpha value is -3.48. The molecule has 1 saturated carbocycles. The molecule has 0 radical (unpaired) electrons. The standard InChI is InChI=1S/C29H33N3O4/c1-29(28(34)30-21-10-5-3-2-4-6-11-21)19-31-23-12-8-7-9-20(23)17-24(31)27(33)32(29)22-13-14-25-26(18-22)36-16-15-35-25/h7-9,12-14,17-18,21H,2-6,10-11,15-16,19H2,1H3,(H,30,34). The highest BCUT2D eigenvalue weighted by Gasteiger charge is 2.49. The molecule has 2 aromatic carbocycles. The van der Waals surface area contributed by atoms with E-state index in [2.05, 4.69) is 5.32 Å². The van der Waals surface area contributed by atoms with Gasteiger partial charge in [0.2, 0.25) is 5.91 Å². The smallest absolute Gasteiger partial charge is 0.275 e. The summed E-state index contributed by atoms with van der Waals surface area (Å²) in [7, 11) is 0. The molecular weight excluding hydrogens is 454 g/mol. The summed E-state index contributed by atoms with van der Waals surface area (Å²) in [5, 5.41) is 4.34. The monoisotopic (exact) mass is 487 g/mol. The molecule has 3 aromatic rings. The molecule has 188 valence electrons. The molecule has 36 heavy (non-hydrogen) atoms. The van der Waals surface area contributed by atoms with Gasteiger partial charge >= 0.3 is 0 Å². The van der Waals surface area contributed by atoms with E-state index in [1.807, 2.05) is 60.0 Å². The summed E-state index contributed by atoms with van der Waals surface area (Å²) in [6, 6.07) is 15.5. The molecule has 1 aliphatic carbocycles. The maximum Gasteiger partial charge on any atom is 0.275 e. The van der Waals surface area contributed by atoms with E-state index >= 15 is 0 Å². The molecule has 2 aliphatic heterocycles. The molecule has 0 saturated heterocycles. The summed E-state index contributed by atoms with van der Waals surface area (Å²) in [4.78, 5) is 29.9. The fraction of sp³-hybridized carbons (Fsp3) is 0.448. The molecule has 1 fully saturated rings. The van der Waals surface area contributed by atoms with Crippen molar-refractivity contribution in [3.05, 3.63) is 54.2 Å². The SMILES string of the molecule is CC1(C(=O)NC2CCCCCCC2)Cn2c(cc3ccccc32)C(=O)N1c1ccc2c(c1)OCCO2. The van der Waals surface area contributed by atoms with Gasteiger partial charge in [0.25, 0.3) is 5.91 Å². The van der Waals surface area contributed by atoms with Gasteiger partial charge in [-0.2, -0.15) is 0 Å². The number of ether oxygens (including phenoxy) is 2. The van der Waals surface area contributed by atoms with Crippen LogP contribution in [0, 0.1) is 0 Å². The third-order valence-electron chi connectivity index (χ3n) is 7.91. The number of carbonyl (C=O) groups is 2. The van der Waals surface area contributed by atoms with Crippen molar-refractivity contribution in [1.82, 2.24) is 9.88 Å². The number of anilines is 1. The van der Waals surface area contributed by atoms with Gasteiger partial charge < -0.3 is 19.4 Å². The second kappa shape index (κ2) is 9.19. The van der Waals surface area contributed by atoms with E-state index in [4.69, 9.17) is 9.47 Å². The first-order valence-corrected chi connectivity index (χ1v) is 13.2. The quantitative estimate of drug-likeness (QED) is 0.561. The van der Waals surface area contributed by atoms with Gasteiger partial charge in [0.05, 0.1) is 6.54 Å². The Bertz CT molecular complexity index is 1310. The molecule has 3 heterocycles. The van der Waals surface area contributed by atoms with E-state index in [0.717, 1.165) is 36.6 Å². The second-order valence-electron chi connectivity index (χ2n) is 10.4. The van der Waals surface area contributed by atoms with E-state index in [0.29, 0.717) is 42.6 Å². The lowest BCUT2D eigenvalue weighted by Crippen LogP contribution is -2.65. The molecule has 0 spiro atoms. The highest BCUT2D eigenvalue weighted by molar-refractivity contribution is 6.14. The van der Waals surface area contributed by atoms with Crippen molar-refractivity contribution < 1.29 is 19.1 Å². The molecule has 7 heteroatoms. The highest BCUT2D eigenvalue weighted by Crippen LogP contribution is 2.40. The van der Waals surface area contributed by atoms with Crippen LogP contribution in [0.5, 0.6) is 11.5 Å². The fourth-order valence-electron chi connectivity index (χ4n) is 5.96. The Morgan fingerprint density at radius 3 is 2.47 bits per heavy atom. The van der Waals surface area contributed by atoms with Crippen LogP contribution in [0.15, 0.2) is 48.5 Å². The number of carbonyl (C=O) groups excluding carboxylic acids is 2. The average molecular weight is 488 g/mol. The number of rotatable bonds is 3. The van der Waals surface area contributed by atoms with Crippen molar-refractivity contribution in [1.29, 1.82) is 0 Å². The predicted octanol–water partition coefficient (Wildman–Crippen LogP) is 5.06. The third-order valence-corrected chi connectivity index (χ3v) is 7.91. The molecule has 1 atom stereocenters. The lowest BCUT2D eigenvalue weighted by Gasteiger charge is -2.44. The first-order valence-electron chi connectivity index (χ1n) is 13.2. The number of nitrogens with one attached hydrogen (secondary N) is 1. The van der Waals surface area contributed by atoms with Crippen LogP contribution in [-0.4, -0.2) is 41.2 Å². The number of aromatic nitrogens is 1. The normalized spacial score (nSPS) is 22.6. The zero-order chi connectivity index (χ0) is 24.7. The molecule has 3 aliphatic rings. The van der Waals surface area contributed by atoms with Crippen molar-refractivity contribution in [2.75, 3.05) is 18.1 Å². The van der Waals surface area contributed by atoms with Gasteiger partial charge in [0, 0.05) is 28.7 Å². The van der Waals surface area contributed by atoms with Gasteiger partial charge in [0.1, 0.15) is 24.4 Å². The predicted molar refractivity (Wildman–Crippen MR) is 139 cm³/mol. The Morgan fingerprint density at radius 1 is 0.944 bits per heavy atom. The first-order chi connectivity index (χ1) is 17.5. The number of para-hydroxylation sites is 1. The van der Waals surface area contributed by atoms with Crippen LogP contribution >= 0.6 is 0 Å². The van der Waals surface area contributed by atoms with Gasteiger partial charge in [-0.1, -0.05) is 50.3 Å². The van der Waals surface area contributed by atoms with Crippen molar-refractivity contribution in [2.45, 2.75) is 70.0 Å². The summed E-state index contributed by atoms with van der Waals surface area (Å²) in [5.41, 5.74) is 1.07. The van der Waals surface area contributed by atoms with E-state index in [9.17, 15) is 9.59 Å². The highest BCUT2D eigenvalue weighted by atomic mass is 16.6. The Kier molecular flexibility index (Phi) is 5.86.